The minimum Gasteiger partial charge on any atom is -0.388 e. The van der Waals surface area contributed by atoms with Crippen molar-refractivity contribution in [3.8, 4) is 0 Å². The van der Waals surface area contributed by atoms with Gasteiger partial charge in [0, 0.05) is 15.8 Å². The number of fused-ring (bicyclic) bond motifs is 1. The number of aryl methyl sites for hydroxylation is 1. The second kappa shape index (κ2) is 5.81. The Bertz CT molecular complexity index is 430. The summed E-state index contributed by atoms with van der Waals surface area (Å²) in [5, 5.41) is 12.3. The maximum atomic E-state index is 12.1. The van der Waals surface area contributed by atoms with E-state index in [0.29, 0.717) is 6.42 Å². The van der Waals surface area contributed by atoms with E-state index in [1.54, 1.807) is 18.3 Å². The number of thiophene rings is 1. The van der Waals surface area contributed by atoms with Crippen molar-refractivity contribution < 1.29 is 18.3 Å². The zero-order chi connectivity index (χ0) is 14.0. The third kappa shape index (κ3) is 4.19. The molecule has 2 atom stereocenters. The van der Waals surface area contributed by atoms with Crippen molar-refractivity contribution in [1.29, 1.82) is 0 Å². The molecule has 1 aliphatic carbocycles. The number of rotatable bonds is 4. The van der Waals surface area contributed by atoms with Gasteiger partial charge in [-0.1, -0.05) is 0 Å². The molecule has 0 bridgehead atoms. The van der Waals surface area contributed by atoms with E-state index in [4.69, 9.17) is 0 Å². The molecule has 1 aliphatic rings. The molecule has 19 heavy (non-hydrogen) atoms. The van der Waals surface area contributed by atoms with Crippen LogP contribution >= 0.6 is 11.3 Å². The largest absolute Gasteiger partial charge is 0.401 e. The Morgan fingerprint density at radius 3 is 2.89 bits per heavy atom. The van der Waals surface area contributed by atoms with Crippen LogP contribution in [0.3, 0.4) is 0 Å². The summed E-state index contributed by atoms with van der Waals surface area (Å²) in [5.41, 5.74) is 0.981. The highest BCUT2D eigenvalue weighted by molar-refractivity contribution is 7.12. The van der Waals surface area contributed by atoms with Crippen LogP contribution in [0.25, 0.3) is 0 Å². The molecule has 0 aliphatic heterocycles. The van der Waals surface area contributed by atoms with Crippen molar-refractivity contribution in [2.24, 2.45) is 0 Å². The van der Waals surface area contributed by atoms with Crippen molar-refractivity contribution in [3.63, 3.8) is 0 Å². The van der Waals surface area contributed by atoms with E-state index in [0.717, 1.165) is 29.7 Å². The fourth-order valence-corrected chi connectivity index (χ4v) is 3.75. The number of hydrogen-bond donors (Lipinski definition) is 2. The molecule has 2 nitrogen and oxygen atoms in total. The lowest BCUT2D eigenvalue weighted by Crippen LogP contribution is -2.36. The van der Waals surface area contributed by atoms with Crippen LogP contribution in [-0.4, -0.2) is 23.9 Å². The summed E-state index contributed by atoms with van der Waals surface area (Å²) in [6, 6.07) is 1.73. The predicted octanol–water partition coefficient (Wildman–Crippen LogP) is 3.20. The maximum absolute atomic E-state index is 12.1. The molecule has 2 N–H and O–H groups in total. The highest BCUT2D eigenvalue weighted by Gasteiger charge is 2.27. The van der Waals surface area contributed by atoms with Gasteiger partial charge in [0.05, 0.1) is 12.6 Å². The first-order chi connectivity index (χ1) is 8.85. The third-order valence-electron chi connectivity index (χ3n) is 3.29. The van der Waals surface area contributed by atoms with E-state index in [1.807, 2.05) is 6.07 Å². The van der Waals surface area contributed by atoms with Gasteiger partial charge in [-0.15, -0.1) is 11.3 Å². The SMILES string of the molecule is CC(Cc1cc2c(s1)CCCC2O)NCC(F)(F)F. The van der Waals surface area contributed by atoms with E-state index in [1.165, 1.54) is 4.88 Å². The number of aliphatic hydroxyl groups excluding tert-OH is 1. The normalized spacial score (nSPS) is 21.2. The summed E-state index contributed by atoms with van der Waals surface area (Å²) in [6.45, 7) is 0.794. The topological polar surface area (TPSA) is 32.3 Å². The highest BCUT2D eigenvalue weighted by Crippen LogP contribution is 2.36. The predicted molar refractivity (Wildman–Crippen MR) is 69.4 cm³/mol. The number of halogens is 3. The molecule has 2 unspecified atom stereocenters. The van der Waals surface area contributed by atoms with Crippen LogP contribution < -0.4 is 5.32 Å². The minimum atomic E-state index is -4.17. The first-order valence-corrected chi connectivity index (χ1v) is 7.26. The zero-order valence-electron chi connectivity index (χ0n) is 10.8. The molecule has 108 valence electrons. The quantitative estimate of drug-likeness (QED) is 0.893. The van der Waals surface area contributed by atoms with Gasteiger partial charge in [-0.05, 0) is 44.2 Å². The Labute approximate surface area is 114 Å². The third-order valence-corrected chi connectivity index (χ3v) is 4.52. The van der Waals surface area contributed by atoms with Gasteiger partial charge in [0.2, 0.25) is 0 Å². The molecule has 0 fully saturated rings. The van der Waals surface area contributed by atoms with Gasteiger partial charge in [0.25, 0.3) is 0 Å². The van der Waals surface area contributed by atoms with Gasteiger partial charge in [-0.2, -0.15) is 13.2 Å². The summed E-state index contributed by atoms with van der Waals surface area (Å²) in [4.78, 5) is 2.24. The summed E-state index contributed by atoms with van der Waals surface area (Å²) < 4.78 is 36.3. The summed E-state index contributed by atoms with van der Waals surface area (Å²) in [7, 11) is 0. The van der Waals surface area contributed by atoms with Gasteiger partial charge in [0.15, 0.2) is 0 Å². The lowest BCUT2D eigenvalue weighted by atomic mass is 9.96. The molecule has 0 radical (unpaired) electrons. The number of alkyl halides is 3. The van der Waals surface area contributed by atoms with Crippen molar-refractivity contribution in [3.05, 3.63) is 21.4 Å². The molecule has 0 saturated carbocycles. The van der Waals surface area contributed by atoms with Crippen LogP contribution in [0.15, 0.2) is 6.07 Å². The lowest BCUT2D eigenvalue weighted by molar-refractivity contribution is -0.126. The van der Waals surface area contributed by atoms with Crippen molar-refractivity contribution in [2.75, 3.05) is 6.54 Å². The standard InChI is InChI=1S/C13H18F3NOS/c1-8(17-7-13(14,15)16)5-9-6-10-11(18)3-2-4-12(10)19-9/h6,8,11,17-18H,2-5,7H2,1H3. The number of hydrogen-bond acceptors (Lipinski definition) is 3. The van der Waals surface area contributed by atoms with Crippen LogP contribution in [-0.2, 0) is 12.8 Å². The molecular formula is C13H18F3NOS. The van der Waals surface area contributed by atoms with Crippen molar-refractivity contribution in [1.82, 2.24) is 5.32 Å². The minimum absolute atomic E-state index is 0.223. The summed E-state index contributed by atoms with van der Waals surface area (Å²) >= 11 is 1.62. The van der Waals surface area contributed by atoms with Crippen molar-refractivity contribution in [2.45, 2.75) is 50.9 Å². The van der Waals surface area contributed by atoms with Gasteiger partial charge in [0.1, 0.15) is 0 Å². The fraction of sp³-hybridized carbons (Fsp3) is 0.692. The zero-order valence-corrected chi connectivity index (χ0v) is 11.6. The Morgan fingerprint density at radius 1 is 1.53 bits per heavy atom. The van der Waals surface area contributed by atoms with Gasteiger partial charge >= 0.3 is 6.18 Å². The van der Waals surface area contributed by atoms with Gasteiger partial charge in [-0.25, -0.2) is 0 Å². The Hall–Kier alpha value is -0.590. The Balaban J connectivity index is 1.92. The first kappa shape index (κ1) is 14.8. The molecule has 1 aromatic heterocycles. The van der Waals surface area contributed by atoms with Crippen LogP contribution in [0.2, 0.25) is 0 Å². The van der Waals surface area contributed by atoms with E-state index >= 15 is 0 Å². The molecule has 2 rings (SSSR count). The van der Waals surface area contributed by atoms with Crippen LogP contribution in [0, 0.1) is 0 Å². The average molecular weight is 293 g/mol. The van der Waals surface area contributed by atoms with E-state index in [2.05, 4.69) is 5.32 Å². The van der Waals surface area contributed by atoms with Crippen LogP contribution in [0.1, 0.15) is 41.2 Å². The molecule has 0 aromatic carbocycles. The van der Waals surface area contributed by atoms with Crippen LogP contribution in [0.4, 0.5) is 13.2 Å². The Morgan fingerprint density at radius 2 is 2.26 bits per heavy atom. The molecular weight excluding hydrogens is 275 g/mol. The average Bonchev–Trinajstić information content (AvgIpc) is 2.69. The number of aliphatic hydroxyl groups is 1. The van der Waals surface area contributed by atoms with Gasteiger partial charge < -0.3 is 10.4 Å². The molecule has 0 spiro atoms. The molecule has 0 amide bonds. The summed E-state index contributed by atoms with van der Waals surface area (Å²) in [5.74, 6) is 0. The second-order valence-electron chi connectivity index (χ2n) is 5.10. The smallest absolute Gasteiger partial charge is 0.388 e. The van der Waals surface area contributed by atoms with Gasteiger partial charge in [-0.3, -0.25) is 0 Å². The molecule has 0 saturated heterocycles. The van der Waals surface area contributed by atoms with Crippen molar-refractivity contribution >= 4 is 11.3 Å². The summed E-state index contributed by atoms with van der Waals surface area (Å²) in [6.07, 6.45) is -1.26. The van der Waals surface area contributed by atoms with E-state index in [-0.39, 0.29) is 6.04 Å². The molecule has 6 heteroatoms. The van der Waals surface area contributed by atoms with E-state index in [9.17, 15) is 18.3 Å². The Kier molecular flexibility index (Phi) is 4.53. The number of nitrogens with one attached hydrogen (secondary N) is 1. The molecule has 1 aromatic rings. The van der Waals surface area contributed by atoms with Crippen LogP contribution in [0.5, 0.6) is 0 Å². The van der Waals surface area contributed by atoms with E-state index < -0.39 is 18.8 Å². The maximum Gasteiger partial charge on any atom is 0.401 e. The highest BCUT2D eigenvalue weighted by atomic mass is 32.1. The molecule has 1 heterocycles. The monoisotopic (exact) mass is 293 g/mol. The first-order valence-electron chi connectivity index (χ1n) is 6.45. The lowest BCUT2D eigenvalue weighted by Gasteiger charge is -2.16. The second-order valence-corrected chi connectivity index (χ2v) is 6.32. The fourth-order valence-electron chi connectivity index (χ4n) is 2.35.